The van der Waals surface area contributed by atoms with Crippen molar-refractivity contribution in [1.29, 1.82) is 0 Å². The van der Waals surface area contributed by atoms with Gasteiger partial charge in [-0.3, -0.25) is 9.78 Å². The van der Waals surface area contributed by atoms with Crippen LogP contribution in [0.5, 0.6) is 0 Å². The van der Waals surface area contributed by atoms with Crippen LogP contribution in [-0.4, -0.2) is 68.6 Å². The second kappa shape index (κ2) is 11.7. The van der Waals surface area contributed by atoms with E-state index in [1.165, 1.54) is 22.6 Å². The fourth-order valence-corrected chi connectivity index (χ4v) is 7.61. The maximum atomic E-state index is 13.9. The summed E-state index contributed by atoms with van der Waals surface area (Å²) in [6, 6.07) is 13.6. The van der Waals surface area contributed by atoms with Crippen LogP contribution in [0.4, 0.5) is 0 Å². The molecule has 1 fully saturated rings. The largest absolute Gasteiger partial charge is 0.351 e. The smallest absolute Gasteiger partial charge is 0.246 e. The van der Waals surface area contributed by atoms with E-state index < -0.39 is 32.0 Å². The van der Waals surface area contributed by atoms with Gasteiger partial charge in [0.2, 0.25) is 26.0 Å². The van der Waals surface area contributed by atoms with E-state index in [0.717, 1.165) is 9.87 Å². The zero-order chi connectivity index (χ0) is 27.7. The topological polar surface area (TPSA) is 117 Å². The first-order valence-electron chi connectivity index (χ1n) is 12.2. The molecule has 3 aromatic rings. The number of fused-ring (bicyclic) bond motifs is 1. The summed E-state index contributed by atoms with van der Waals surface area (Å²) in [6.45, 7) is 9.17. The summed E-state index contributed by atoms with van der Waals surface area (Å²) in [5.41, 5.74) is 1.12. The summed E-state index contributed by atoms with van der Waals surface area (Å²) in [4.78, 5) is 17.5. The van der Waals surface area contributed by atoms with E-state index in [1.54, 1.807) is 48.5 Å². The van der Waals surface area contributed by atoms with Crippen LogP contribution in [0, 0.1) is 0 Å². The highest BCUT2D eigenvalue weighted by Gasteiger charge is 2.44. The lowest BCUT2D eigenvalue weighted by Crippen LogP contribution is -2.61. The number of piperazine rings is 1. The van der Waals surface area contributed by atoms with Gasteiger partial charge in [-0.15, -0.1) is 19.0 Å². The molecule has 1 amide bonds. The number of nitrogens with one attached hydrogen (secondary N) is 1. The van der Waals surface area contributed by atoms with E-state index >= 15 is 0 Å². The van der Waals surface area contributed by atoms with Crippen LogP contribution in [0.3, 0.4) is 0 Å². The maximum Gasteiger partial charge on any atom is 0.246 e. The van der Waals surface area contributed by atoms with Crippen molar-refractivity contribution in [3.8, 4) is 0 Å². The Balaban J connectivity index is 0.00000420. The molecule has 4 rings (SSSR count). The molecular formula is C27H33ClN4O5S2. The van der Waals surface area contributed by atoms with E-state index in [2.05, 4.69) is 16.9 Å². The lowest BCUT2D eigenvalue weighted by Gasteiger charge is -2.39. The van der Waals surface area contributed by atoms with Crippen LogP contribution in [-0.2, 0) is 30.3 Å². The van der Waals surface area contributed by atoms with Crippen molar-refractivity contribution in [2.75, 3.05) is 26.2 Å². The van der Waals surface area contributed by atoms with E-state index in [4.69, 9.17) is 0 Å². The summed E-state index contributed by atoms with van der Waals surface area (Å²) in [5, 5.41) is 3.27. The highest BCUT2D eigenvalue weighted by molar-refractivity contribution is 7.89. The normalized spacial score (nSPS) is 17.4. The number of sulfonamides is 2. The summed E-state index contributed by atoms with van der Waals surface area (Å²) >= 11 is 0. The van der Waals surface area contributed by atoms with E-state index in [-0.39, 0.29) is 59.3 Å². The van der Waals surface area contributed by atoms with Crippen molar-refractivity contribution >= 4 is 49.3 Å². The number of hydrogen-bond acceptors (Lipinski definition) is 6. The van der Waals surface area contributed by atoms with Gasteiger partial charge in [0.1, 0.15) is 10.9 Å². The Morgan fingerprint density at radius 3 is 2.33 bits per heavy atom. The zero-order valence-electron chi connectivity index (χ0n) is 22.1. The van der Waals surface area contributed by atoms with E-state index in [0.29, 0.717) is 5.39 Å². The molecule has 0 saturated carbocycles. The molecule has 0 spiro atoms. The Morgan fingerprint density at radius 2 is 1.69 bits per heavy atom. The number of para-hydroxylation sites is 1. The molecule has 210 valence electrons. The third kappa shape index (κ3) is 6.17. The van der Waals surface area contributed by atoms with Gasteiger partial charge in [0.15, 0.2) is 0 Å². The monoisotopic (exact) mass is 592 g/mol. The highest BCUT2D eigenvalue weighted by Crippen LogP contribution is 2.30. The molecule has 0 aliphatic carbocycles. The molecule has 2 heterocycles. The number of hydrogen-bond donors (Lipinski definition) is 1. The van der Waals surface area contributed by atoms with Gasteiger partial charge in [0.25, 0.3) is 0 Å². The first kappa shape index (κ1) is 30.7. The van der Waals surface area contributed by atoms with Crippen molar-refractivity contribution in [3.05, 3.63) is 79.0 Å². The van der Waals surface area contributed by atoms with Crippen LogP contribution in [0.2, 0.25) is 0 Å². The molecule has 2 aromatic carbocycles. The summed E-state index contributed by atoms with van der Waals surface area (Å²) < 4.78 is 57.0. The molecule has 1 aromatic heterocycles. The fourth-order valence-electron chi connectivity index (χ4n) is 4.44. The van der Waals surface area contributed by atoms with E-state index in [1.807, 2.05) is 20.8 Å². The van der Waals surface area contributed by atoms with Crippen molar-refractivity contribution < 1.29 is 21.6 Å². The maximum absolute atomic E-state index is 13.9. The Labute approximate surface area is 236 Å². The quantitative estimate of drug-likeness (QED) is 0.421. The molecule has 1 aliphatic rings. The van der Waals surface area contributed by atoms with Crippen molar-refractivity contribution in [2.24, 2.45) is 0 Å². The van der Waals surface area contributed by atoms with Crippen molar-refractivity contribution in [1.82, 2.24) is 18.9 Å². The van der Waals surface area contributed by atoms with Crippen LogP contribution in [0.1, 0.15) is 26.3 Å². The molecule has 0 radical (unpaired) electrons. The van der Waals surface area contributed by atoms with Crippen LogP contribution in [0.25, 0.3) is 10.9 Å². The molecular weight excluding hydrogens is 560 g/mol. The number of carbonyl (C=O) groups is 1. The summed E-state index contributed by atoms with van der Waals surface area (Å²) in [5.74, 6) is -0.607. The number of rotatable bonds is 7. The molecule has 1 atom stereocenters. The molecule has 1 aliphatic heterocycles. The van der Waals surface area contributed by atoms with Gasteiger partial charge in [0.05, 0.1) is 10.4 Å². The van der Waals surface area contributed by atoms with Gasteiger partial charge in [-0.1, -0.05) is 57.2 Å². The lowest BCUT2D eigenvalue weighted by molar-refractivity contribution is -0.125. The van der Waals surface area contributed by atoms with E-state index in [9.17, 15) is 21.6 Å². The Hall–Kier alpha value is -2.83. The second-order valence-electron chi connectivity index (χ2n) is 10.1. The number of halogens is 1. The van der Waals surface area contributed by atoms with Gasteiger partial charge in [0, 0.05) is 37.8 Å². The summed E-state index contributed by atoms with van der Waals surface area (Å²) in [7, 11) is -8.18. The van der Waals surface area contributed by atoms with Crippen molar-refractivity contribution in [2.45, 2.75) is 42.0 Å². The minimum atomic E-state index is -4.20. The first-order valence-corrected chi connectivity index (χ1v) is 15.1. The average Bonchev–Trinajstić information content (AvgIpc) is 2.90. The Morgan fingerprint density at radius 1 is 1.03 bits per heavy atom. The first-order chi connectivity index (χ1) is 17.9. The molecule has 9 nitrogen and oxygen atoms in total. The Kier molecular flexibility index (Phi) is 9.24. The van der Waals surface area contributed by atoms with Crippen LogP contribution >= 0.6 is 12.4 Å². The predicted molar refractivity (Wildman–Crippen MR) is 154 cm³/mol. The highest BCUT2D eigenvalue weighted by atomic mass is 35.5. The van der Waals surface area contributed by atoms with Crippen LogP contribution in [0.15, 0.2) is 83.2 Å². The summed E-state index contributed by atoms with van der Waals surface area (Å²) in [6.07, 6.45) is 2.98. The lowest BCUT2D eigenvalue weighted by atomic mass is 9.87. The van der Waals surface area contributed by atoms with Gasteiger partial charge < -0.3 is 5.32 Å². The Bertz CT molecular complexity index is 1560. The molecule has 1 saturated heterocycles. The number of amides is 1. The zero-order valence-corrected chi connectivity index (χ0v) is 24.5. The van der Waals surface area contributed by atoms with Gasteiger partial charge >= 0.3 is 0 Å². The molecule has 1 N–H and O–H groups in total. The molecule has 12 heteroatoms. The number of pyridine rings is 1. The minimum absolute atomic E-state index is 0. The van der Waals surface area contributed by atoms with Crippen molar-refractivity contribution in [3.63, 3.8) is 0 Å². The number of aromatic nitrogens is 1. The average molecular weight is 593 g/mol. The number of carbonyl (C=O) groups excluding carboxylic acids is 1. The predicted octanol–water partition coefficient (Wildman–Crippen LogP) is 3.32. The SMILES string of the molecule is C=CCNC(=O)[C@@H]1CN(S(=O)(=O)c2ccc(C(C)(C)C)cc2)CCN1S(=O)(=O)c1cccc2cccnc12.Cl. The third-order valence-electron chi connectivity index (χ3n) is 6.56. The van der Waals surface area contributed by atoms with Crippen LogP contribution < -0.4 is 5.32 Å². The number of nitrogens with zero attached hydrogens (tertiary/aromatic N) is 3. The number of benzene rings is 2. The second-order valence-corrected chi connectivity index (χ2v) is 13.9. The molecule has 0 unspecified atom stereocenters. The third-order valence-corrected chi connectivity index (χ3v) is 10.4. The van der Waals surface area contributed by atoms with Gasteiger partial charge in [-0.05, 0) is 35.2 Å². The van der Waals surface area contributed by atoms with Gasteiger partial charge in [-0.2, -0.15) is 8.61 Å². The fraction of sp³-hybridized carbons (Fsp3) is 0.333. The molecule has 39 heavy (non-hydrogen) atoms. The minimum Gasteiger partial charge on any atom is -0.351 e. The standard InChI is InChI=1S/C27H32N4O5S2.ClH/c1-5-15-29-26(32)23-19-30(37(33,34)22-13-11-21(12-14-22)27(2,3)4)17-18-31(23)38(35,36)24-10-6-8-20-9-7-16-28-25(20)24;/h5-14,16,23H,1,15,17-19H2,2-4H3,(H,29,32);1H/t23-;/m0./s1. The molecule has 0 bridgehead atoms. The van der Waals surface area contributed by atoms with Gasteiger partial charge in [-0.25, -0.2) is 16.8 Å².